The van der Waals surface area contributed by atoms with E-state index in [1.165, 1.54) is 0 Å². The van der Waals surface area contributed by atoms with E-state index >= 15 is 0 Å². The Morgan fingerprint density at radius 3 is 1.32 bits per heavy atom. The van der Waals surface area contributed by atoms with Gasteiger partial charge >= 0.3 is 0 Å². The van der Waals surface area contributed by atoms with Crippen LogP contribution in [0, 0.1) is 11.8 Å². The highest BCUT2D eigenvalue weighted by atomic mass is 16.5. The van der Waals surface area contributed by atoms with Crippen LogP contribution in [0.5, 0.6) is 11.5 Å². The first-order valence-corrected chi connectivity index (χ1v) is 24.8. The van der Waals surface area contributed by atoms with Crippen molar-refractivity contribution >= 4 is 21.8 Å². The van der Waals surface area contributed by atoms with Crippen LogP contribution in [0.15, 0.2) is 140 Å². The molecule has 0 aliphatic heterocycles. The molecule has 0 saturated carbocycles. The maximum Gasteiger partial charge on any atom is 0.126 e. The summed E-state index contributed by atoms with van der Waals surface area (Å²) in [5.74, 6) is 9.00. The average molecular weight is 948 g/mol. The van der Waals surface area contributed by atoms with Gasteiger partial charge in [0.05, 0.1) is 65.0 Å². The van der Waals surface area contributed by atoms with Crippen molar-refractivity contribution in [1.82, 2.24) is 24.9 Å². The van der Waals surface area contributed by atoms with E-state index < -0.39 is 0 Å². The van der Waals surface area contributed by atoms with Gasteiger partial charge in [-0.1, -0.05) is 137 Å². The van der Waals surface area contributed by atoms with E-state index in [4.69, 9.17) is 24.4 Å². The first-order chi connectivity index (χ1) is 34.1. The summed E-state index contributed by atoms with van der Waals surface area (Å²) >= 11 is 0. The predicted octanol–water partition coefficient (Wildman–Crippen LogP) is 15.9. The molecular weight excluding hydrogens is 883 g/mol. The van der Waals surface area contributed by atoms with Crippen LogP contribution in [0.4, 0.5) is 0 Å². The molecule has 5 aromatic heterocycles. The van der Waals surface area contributed by atoms with Gasteiger partial charge in [-0.3, -0.25) is 9.97 Å². The van der Waals surface area contributed by atoms with Gasteiger partial charge in [-0.2, -0.15) is 0 Å². The summed E-state index contributed by atoms with van der Waals surface area (Å²) in [5, 5.41) is 1.97. The molecule has 0 spiro atoms. The number of ether oxygens (including phenoxy) is 2. The van der Waals surface area contributed by atoms with Crippen molar-refractivity contribution in [1.29, 1.82) is 0 Å². The van der Waals surface area contributed by atoms with Crippen LogP contribution in [0.2, 0.25) is 0 Å². The van der Waals surface area contributed by atoms with E-state index in [1.54, 1.807) is 26.6 Å². The van der Waals surface area contributed by atoms with Crippen molar-refractivity contribution in [3.63, 3.8) is 0 Å². The number of fused-ring (bicyclic) bond motifs is 3. The fraction of sp³-hybridized carbons (Fsp3) is 0.277. The third kappa shape index (κ3) is 9.97. The molecule has 72 heavy (non-hydrogen) atoms. The number of methoxy groups -OCH3 is 2. The third-order valence-electron chi connectivity index (χ3n) is 13.3. The zero-order chi connectivity index (χ0) is 51.3. The molecule has 0 radical (unpaired) electrons. The number of rotatable bonds is 7. The fourth-order valence-electron chi connectivity index (χ4n) is 9.38. The van der Waals surface area contributed by atoms with Crippen molar-refractivity contribution in [3.8, 4) is 79.8 Å². The lowest BCUT2D eigenvalue weighted by molar-refractivity contribution is 0.381. The summed E-state index contributed by atoms with van der Waals surface area (Å²) in [5.41, 5.74) is 16.0. The summed E-state index contributed by atoms with van der Waals surface area (Å²) < 4.78 is 12.4. The second kappa shape index (κ2) is 18.8. The molecule has 0 aliphatic rings. The minimum atomic E-state index is -0.226. The summed E-state index contributed by atoms with van der Waals surface area (Å²) in [6.45, 7) is 26.8. The molecule has 0 fully saturated rings. The molecule has 0 bridgehead atoms. The molecule has 0 aliphatic carbocycles. The van der Waals surface area contributed by atoms with Gasteiger partial charge in [0.15, 0.2) is 0 Å². The van der Waals surface area contributed by atoms with Crippen LogP contribution in [-0.4, -0.2) is 39.1 Å². The Kier molecular flexibility index (Phi) is 12.9. The summed E-state index contributed by atoms with van der Waals surface area (Å²) in [4.78, 5) is 25.3. The highest BCUT2D eigenvalue weighted by Crippen LogP contribution is 2.45. The topological polar surface area (TPSA) is 82.9 Å². The summed E-state index contributed by atoms with van der Waals surface area (Å²) in [6.07, 6.45) is 3.58. The van der Waals surface area contributed by atoms with Gasteiger partial charge in [0.2, 0.25) is 0 Å². The minimum absolute atomic E-state index is 0.161. The van der Waals surface area contributed by atoms with Crippen LogP contribution < -0.4 is 9.47 Å². The predicted molar refractivity (Wildman–Crippen MR) is 298 cm³/mol. The van der Waals surface area contributed by atoms with E-state index in [9.17, 15) is 0 Å². The Labute approximate surface area is 426 Å². The highest BCUT2D eigenvalue weighted by molar-refractivity contribution is 6.05. The molecule has 5 heterocycles. The van der Waals surface area contributed by atoms with Gasteiger partial charge in [0.25, 0.3) is 0 Å². The zero-order valence-electron chi connectivity index (χ0n) is 44.3. The number of hydrogen-bond acceptors (Lipinski definition) is 7. The summed E-state index contributed by atoms with van der Waals surface area (Å²) in [6, 6.07) is 44.1. The van der Waals surface area contributed by atoms with Gasteiger partial charge < -0.3 is 9.47 Å². The first-order valence-electron chi connectivity index (χ1n) is 24.8. The largest absolute Gasteiger partial charge is 0.496 e. The van der Waals surface area contributed by atoms with Gasteiger partial charge in [-0.25, -0.2) is 15.0 Å². The second-order valence-electron chi connectivity index (χ2n) is 22.9. The maximum absolute atomic E-state index is 6.24. The van der Waals surface area contributed by atoms with Crippen LogP contribution in [0.3, 0.4) is 0 Å². The molecule has 0 N–H and O–H groups in total. The highest BCUT2D eigenvalue weighted by Gasteiger charge is 2.30. The van der Waals surface area contributed by atoms with Crippen LogP contribution in [0.25, 0.3) is 78.2 Å². The fourth-order valence-corrected chi connectivity index (χ4v) is 9.38. The van der Waals surface area contributed by atoms with Crippen LogP contribution >= 0.6 is 0 Å². The number of nitrogens with zero attached hydrogens (tertiary/aromatic N) is 5. The Hall–Kier alpha value is -7.69. The SMILES string of the molecule is COc1c(C(C)(C)C)cc(-c2ccc3ccc4cc(C#Cc5ccc(-c6cc(-c7ccccn7)nc(-c7ccccn7)c6)cc5)c(-c5cc(C(C)(C)C)c(OC)c(C(C)(C)C)c5)nc4c3n2)cc1C(C)(C)C. The van der Waals surface area contributed by atoms with Crippen molar-refractivity contribution in [2.24, 2.45) is 0 Å². The van der Waals surface area contributed by atoms with E-state index in [0.29, 0.717) is 0 Å². The van der Waals surface area contributed by atoms with E-state index in [2.05, 4.69) is 196 Å². The summed E-state index contributed by atoms with van der Waals surface area (Å²) in [7, 11) is 3.55. The number of pyridine rings is 5. The van der Waals surface area contributed by atoms with Gasteiger partial charge in [0.1, 0.15) is 11.5 Å². The number of aromatic nitrogens is 5. The minimum Gasteiger partial charge on any atom is -0.496 e. The smallest absolute Gasteiger partial charge is 0.126 e. The lowest BCUT2D eigenvalue weighted by Gasteiger charge is -2.30. The lowest BCUT2D eigenvalue weighted by Crippen LogP contribution is -2.19. The van der Waals surface area contributed by atoms with Crippen molar-refractivity contribution in [2.45, 2.75) is 105 Å². The third-order valence-corrected chi connectivity index (χ3v) is 13.3. The molecule has 7 nitrogen and oxygen atoms in total. The molecular formula is C65H65N5O2. The molecule has 0 amide bonds. The standard InChI is InChI=1S/C65H65N5O2/c1-62(2,3)48-34-46(35-49(60(48)71-13)63(4,5)6)52-30-29-42-27-28-44-33-43(57(70-59(44)58(42)69-52)47-36-50(64(7,8)9)61(72-14)51(37-47)65(10,11)12)26-23-40-21-24-41(25-22-40)45-38-55(53-19-15-17-31-66-53)68-56(39-45)54-20-16-18-32-67-54/h15-22,24-25,27-39H,1-14H3. The Balaban J connectivity index is 1.22. The van der Waals surface area contributed by atoms with Gasteiger partial charge in [-0.05, 0) is 118 Å². The molecule has 9 aromatic rings. The first kappa shape index (κ1) is 49.3. The Morgan fingerprint density at radius 1 is 0.375 bits per heavy atom. The Bertz CT molecular complexity index is 3430. The average Bonchev–Trinajstić information content (AvgIpc) is 3.36. The zero-order valence-corrected chi connectivity index (χ0v) is 44.3. The van der Waals surface area contributed by atoms with Crippen molar-refractivity contribution in [2.75, 3.05) is 14.2 Å². The van der Waals surface area contributed by atoms with Crippen molar-refractivity contribution < 1.29 is 9.47 Å². The van der Waals surface area contributed by atoms with Crippen LogP contribution in [-0.2, 0) is 21.7 Å². The maximum atomic E-state index is 6.24. The second-order valence-corrected chi connectivity index (χ2v) is 22.9. The quantitative estimate of drug-likeness (QED) is 0.116. The van der Waals surface area contributed by atoms with Gasteiger partial charge in [-0.15, -0.1) is 0 Å². The molecule has 0 atom stereocenters. The Morgan fingerprint density at radius 2 is 0.847 bits per heavy atom. The number of benzene rings is 4. The van der Waals surface area contributed by atoms with Gasteiger partial charge in [0, 0.05) is 62.1 Å². The lowest BCUT2D eigenvalue weighted by atomic mass is 9.77. The molecule has 9 rings (SSSR count). The number of hydrogen-bond donors (Lipinski definition) is 0. The van der Waals surface area contributed by atoms with E-state index in [1.807, 2.05) is 36.4 Å². The monoisotopic (exact) mass is 948 g/mol. The molecule has 4 aromatic carbocycles. The van der Waals surface area contributed by atoms with E-state index in [-0.39, 0.29) is 21.7 Å². The van der Waals surface area contributed by atoms with E-state index in [0.717, 1.165) is 123 Å². The molecule has 0 saturated heterocycles. The molecule has 7 heteroatoms. The van der Waals surface area contributed by atoms with Crippen molar-refractivity contribution in [3.05, 3.63) is 173 Å². The molecule has 362 valence electrons. The van der Waals surface area contributed by atoms with Crippen LogP contribution in [0.1, 0.15) is 116 Å². The normalized spacial score (nSPS) is 12.2. The molecule has 0 unspecified atom stereocenters.